The molecule has 0 heterocycles. The van der Waals surface area contributed by atoms with Crippen LogP contribution in [0.25, 0.3) is 0 Å². The van der Waals surface area contributed by atoms with Gasteiger partial charge in [-0.3, -0.25) is 0 Å². The molecule has 2 nitrogen and oxygen atoms in total. The van der Waals surface area contributed by atoms with Gasteiger partial charge < -0.3 is 10.0 Å². The molecule has 1 aliphatic rings. The van der Waals surface area contributed by atoms with Gasteiger partial charge in [0.25, 0.3) is 0 Å². The van der Waals surface area contributed by atoms with E-state index in [1.165, 1.54) is 19.3 Å². The van der Waals surface area contributed by atoms with E-state index in [4.69, 9.17) is 0 Å². The largest absolute Gasteiger partial charge is 0.395 e. The predicted octanol–water partition coefficient (Wildman–Crippen LogP) is 2.68. The van der Waals surface area contributed by atoms with Crippen LogP contribution in [0.1, 0.15) is 40.0 Å². The van der Waals surface area contributed by atoms with Gasteiger partial charge in [0.05, 0.1) is 6.61 Å². The molecule has 0 saturated carbocycles. The van der Waals surface area contributed by atoms with Crippen LogP contribution in [0.4, 0.5) is 0 Å². The lowest BCUT2D eigenvalue weighted by atomic mass is 9.85. The predicted molar refractivity (Wildman–Crippen MR) is 69.4 cm³/mol. The summed E-state index contributed by atoms with van der Waals surface area (Å²) < 4.78 is 0. The van der Waals surface area contributed by atoms with Gasteiger partial charge in [-0.1, -0.05) is 32.9 Å². The minimum atomic E-state index is 0.147. The zero-order valence-corrected chi connectivity index (χ0v) is 11.2. The molecule has 0 aliphatic heterocycles. The molecule has 16 heavy (non-hydrogen) atoms. The molecular weight excluding hydrogens is 198 g/mol. The summed E-state index contributed by atoms with van der Waals surface area (Å²) in [6.45, 7) is 7.96. The van der Waals surface area contributed by atoms with Crippen molar-refractivity contribution in [2.45, 2.75) is 46.1 Å². The lowest BCUT2D eigenvalue weighted by molar-refractivity contribution is 0.0548. The molecule has 0 aromatic carbocycles. The quantitative estimate of drug-likeness (QED) is 0.744. The van der Waals surface area contributed by atoms with Crippen molar-refractivity contribution < 1.29 is 5.11 Å². The summed E-state index contributed by atoms with van der Waals surface area (Å²) in [6, 6.07) is 0.262. The van der Waals surface area contributed by atoms with Crippen LogP contribution >= 0.6 is 0 Å². The van der Waals surface area contributed by atoms with E-state index in [1.54, 1.807) is 0 Å². The van der Waals surface area contributed by atoms with Crippen molar-refractivity contribution in [3.05, 3.63) is 12.2 Å². The molecule has 2 heteroatoms. The fourth-order valence-corrected chi connectivity index (χ4v) is 2.63. The number of allylic oxidation sites excluding steroid dienone is 2. The molecule has 1 aliphatic carbocycles. The molecule has 0 spiro atoms. The van der Waals surface area contributed by atoms with E-state index in [9.17, 15) is 5.11 Å². The third kappa shape index (κ3) is 3.91. The van der Waals surface area contributed by atoms with Crippen molar-refractivity contribution in [1.82, 2.24) is 4.90 Å². The molecule has 1 rings (SSSR count). The van der Waals surface area contributed by atoms with Crippen LogP contribution < -0.4 is 0 Å². The Bertz CT molecular complexity index is 229. The van der Waals surface area contributed by atoms with Gasteiger partial charge in [-0.15, -0.1) is 0 Å². The molecule has 2 unspecified atom stereocenters. The van der Waals surface area contributed by atoms with Gasteiger partial charge in [0, 0.05) is 12.6 Å². The van der Waals surface area contributed by atoms with Gasteiger partial charge >= 0.3 is 0 Å². The van der Waals surface area contributed by atoms with Crippen LogP contribution in [0.15, 0.2) is 12.2 Å². The van der Waals surface area contributed by atoms with Crippen LogP contribution in [0, 0.1) is 11.3 Å². The Labute approximate surface area is 100 Å². The van der Waals surface area contributed by atoms with Crippen LogP contribution in [-0.4, -0.2) is 36.2 Å². The molecule has 2 atom stereocenters. The van der Waals surface area contributed by atoms with E-state index < -0.39 is 0 Å². The minimum Gasteiger partial charge on any atom is -0.395 e. The van der Waals surface area contributed by atoms with Crippen LogP contribution in [-0.2, 0) is 0 Å². The molecule has 0 aromatic rings. The Morgan fingerprint density at radius 1 is 1.38 bits per heavy atom. The Kier molecular flexibility index (Phi) is 5.00. The first-order chi connectivity index (χ1) is 7.45. The molecule has 0 fully saturated rings. The first kappa shape index (κ1) is 13.7. The zero-order chi connectivity index (χ0) is 12.2. The van der Waals surface area contributed by atoms with Gasteiger partial charge in [-0.25, -0.2) is 0 Å². The number of hydrogen-bond donors (Lipinski definition) is 1. The van der Waals surface area contributed by atoms with Crippen LogP contribution in [0.5, 0.6) is 0 Å². The smallest absolute Gasteiger partial charge is 0.0591 e. The minimum absolute atomic E-state index is 0.147. The third-order valence-electron chi connectivity index (χ3n) is 3.63. The molecule has 0 aromatic heterocycles. The van der Waals surface area contributed by atoms with Gasteiger partial charge in [-0.05, 0) is 37.6 Å². The maximum absolute atomic E-state index is 9.51. The van der Waals surface area contributed by atoms with E-state index in [0.29, 0.717) is 0 Å². The second-order valence-corrected chi connectivity index (χ2v) is 6.15. The molecule has 0 amide bonds. The van der Waals surface area contributed by atoms with Gasteiger partial charge in [0.2, 0.25) is 0 Å². The number of nitrogens with zero attached hydrogens (tertiary/aromatic N) is 1. The summed E-state index contributed by atoms with van der Waals surface area (Å²) >= 11 is 0. The normalized spacial score (nSPS) is 23.8. The van der Waals surface area contributed by atoms with E-state index in [1.807, 2.05) is 0 Å². The van der Waals surface area contributed by atoms with Crippen LogP contribution in [0.3, 0.4) is 0 Å². The maximum atomic E-state index is 9.51. The van der Waals surface area contributed by atoms with E-state index >= 15 is 0 Å². The SMILES string of the molecule is CN(CC1CC=CCC1)C(CO)C(C)(C)C. The summed E-state index contributed by atoms with van der Waals surface area (Å²) in [7, 11) is 2.14. The molecule has 94 valence electrons. The average Bonchev–Trinajstić information content (AvgIpc) is 2.17. The number of aliphatic hydroxyl groups is 1. The monoisotopic (exact) mass is 225 g/mol. The first-order valence-corrected chi connectivity index (χ1v) is 6.41. The highest BCUT2D eigenvalue weighted by Gasteiger charge is 2.28. The summed E-state index contributed by atoms with van der Waals surface area (Å²) in [5, 5.41) is 9.51. The molecule has 0 saturated heterocycles. The number of rotatable bonds is 4. The summed E-state index contributed by atoms with van der Waals surface area (Å²) in [6.07, 6.45) is 8.30. The highest BCUT2D eigenvalue weighted by molar-refractivity contribution is 4.92. The first-order valence-electron chi connectivity index (χ1n) is 6.41. The second kappa shape index (κ2) is 5.83. The van der Waals surface area contributed by atoms with Gasteiger partial charge in [0.1, 0.15) is 0 Å². The third-order valence-corrected chi connectivity index (χ3v) is 3.63. The Morgan fingerprint density at radius 2 is 2.06 bits per heavy atom. The highest BCUT2D eigenvalue weighted by Crippen LogP contribution is 2.26. The topological polar surface area (TPSA) is 23.5 Å². The number of aliphatic hydroxyl groups excluding tert-OH is 1. The second-order valence-electron chi connectivity index (χ2n) is 6.15. The van der Waals surface area contributed by atoms with E-state index in [0.717, 1.165) is 12.5 Å². The average molecular weight is 225 g/mol. The van der Waals surface area contributed by atoms with Crippen molar-refractivity contribution >= 4 is 0 Å². The Morgan fingerprint density at radius 3 is 2.50 bits per heavy atom. The van der Waals surface area contributed by atoms with E-state index in [-0.39, 0.29) is 18.1 Å². The highest BCUT2D eigenvalue weighted by atomic mass is 16.3. The molecule has 1 N–H and O–H groups in total. The van der Waals surface area contributed by atoms with Crippen molar-refractivity contribution in [3.8, 4) is 0 Å². The van der Waals surface area contributed by atoms with E-state index in [2.05, 4.69) is 44.9 Å². The van der Waals surface area contributed by atoms with Gasteiger partial charge in [0.15, 0.2) is 0 Å². The standard InChI is InChI=1S/C14H27NO/c1-14(2,3)13(11-16)15(4)10-12-8-6-5-7-9-12/h5-6,12-13,16H,7-11H2,1-4H3. The van der Waals surface area contributed by atoms with Crippen molar-refractivity contribution in [2.24, 2.45) is 11.3 Å². The van der Waals surface area contributed by atoms with Crippen molar-refractivity contribution in [1.29, 1.82) is 0 Å². The molecule has 0 radical (unpaired) electrons. The Hall–Kier alpha value is -0.340. The Balaban J connectivity index is 2.49. The zero-order valence-electron chi connectivity index (χ0n) is 11.2. The summed E-state index contributed by atoms with van der Waals surface area (Å²) in [5.41, 5.74) is 0.147. The fourth-order valence-electron chi connectivity index (χ4n) is 2.63. The summed E-state index contributed by atoms with van der Waals surface area (Å²) in [5.74, 6) is 0.770. The lowest BCUT2D eigenvalue weighted by Gasteiger charge is -2.38. The van der Waals surface area contributed by atoms with Crippen molar-refractivity contribution in [2.75, 3.05) is 20.2 Å². The number of likely N-dealkylation sites (N-methyl/N-ethyl adjacent to an activating group) is 1. The van der Waals surface area contributed by atoms with Crippen molar-refractivity contribution in [3.63, 3.8) is 0 Å². The number of hydrogen-bond acceptors (Lipinski definition) is 2. The maximum Gasteiger partial charge on any atom is 0.0591 e. The summed E-state index contributed by atoms with van der Waals surface area (Å²) in [4.78, 5) is 2.34. The lowest BCUT2D eigenvalue weighted by Crippen LogP contribution is -2.46. The molecule has 0 bridgehead atoms. The van der Waals surface area contributed by atoms with Gasteiger partial charge in [-0.2, -0.15) is 0 Å². The van der Waals surface area contributed by atoms with Crippen LogP contribution in [0.2, 0.25) is 0 Å². The molecular formula is C14H27NO. The fraction of sp³-hybridized carbons (Fsp3) is 0.857.